The van der Waals surface area contributed by atoms with Gasteiger partial charge in [0.25, 0.3) is 5.56 Å². The molecule has 0 saturated heterocycles. The Balaban J connectivity index is 1.46. The van der Waals surface area contributed by atoms with Gasteiger partial charge in [0, 0.05) is 40.7 Å². The van der Waals surface area contributed by atoms with Crippen LogP contribution in [-0.4, -0.2) is 25.7 Å². The summed E-state index contributed by atoms with van der Waals surface area (Å²) in [6.45, 7) is 1.06. The Labute approximate surface area is 203 Å². The highest BCUT2D eigenvalue weighted by molar-refractivity contribution is 7.22. The van der Waals surface area contributed by atoms with Gasteiger partial charge >= 0.3 is 11.9 Å². The number of aromatic amines is 1. The Hall–Kier alpha value is -4.06. The molecule has 1 aromatic carbocycles. The highest BCUT2D eigenvalue weighted by atomic mass is 32.1. The van der Waals surface area contributed by atoms with Crippen LogP contribution in [0.2, 0.25) is 0 Å². The van der Waals surface area contributed by atoms with E-state index in [1.54, 1.807) is 37.3 Å². The number of ether oxygens (including phenoxy) is 1. The number of pyridine rings is 2. The molecule has 0 saturated carbocycles. The molecule has 0 spiro atoms. The van der Waals surface area contributed by atoms with Crippen molar-refractivity contribution in [2.75, 3.05) is 0 Å². The molecule has 4 aromatic heterocycles. The minimum absolute atomic E-state index is 0.164. The number of hydrogen-bond donors (Lipinski definition) is 1. The maximum absolute atomic E-state index is 13.3. The third kappa shape index (κ3) is 4.59. The molecule has 12 heteroatoms. The molecule has 5 rings (SSSR count). The molecule has 36 heavy (non-hydrogen) atoms. The van der Waals surface area contributed by atoms with Gasteiger partial charge < -0.3 is 4.74 Å². The van der Waals surface area contributed by atoms with Crippen molar-refractivity contribution >= 4 is 32.5 Å². The number of rotatable bonds is 5. The maximum Gasteiger partial charge on any atom is 0.390 e. The predicted molar refractivity (Wildman–Crippen MR) is 127 cm³/mol. The van der Waals surface area contributed by atoms with Crippen molar-refractivity contribution in [3.05, 3.63) is 81.0 Å². The molecule has 0 bridgehead atoms. The summed E-state index contributed by atoms with van der Waals surface area (Å²) in [5.41, 5.74) is 0.134. The van der Waals surface area contributed by atoms with Gasteiger partial charge in [0.15, 0.2) is 0 Å². The van der Waals surface area contributed by atoms with Gasteiger partial charge in [0.1, 0.15) is 16.4 Å². The zero-order valence-corrected chi connectivity index (χ0v) is 19.3. The molecule has 0 unspecified atom stereocenters. The zero-order chi connectivity index (χ0) is 25.6. The molecule has 0 aliphatic carbocycles. The van der Waals surface area contributed by atoms with Gasteiger partial charge in [-0.2, -0.15) is 13.2 Å². The standard InChI is InChI=1S/C24H16F4N4O3S/c1-12-19-21(33)31-23(34)32(7-6-24(26,27)28)22(19)36-20(12)14-3-5-18(30-10-14)35-16-4-2-13-8-15(25)11-29-17(13)9-16/h2-5,8-11H,6-7H2,1H3,(H,31,33,34). The lowest BCUT2D eigenvalue weighted by Gasteiger charge is -2.09. The largest absolute Gasteiger partial charge is 0.439 e. The van der Waals surface area contributed by atoms with Crippen molar-refractivity contribution in [2.24, 2.45) is 0 Å². The second-order valence-electron chi connectivity index (χ2n) is 8.01. The third-order valence-electron chi connectivity index (χ3n) is 5.53. The number of aromatic nitrogens is 4. The third-order valence-corrected chi connectivity index (χ3v) is 6.89. The first kappa shape index (κ1) is 23.7. The summed E-state index contributed by atoms with van der Waals surface area (Å²) in [7, 11) is 0. The minimum atomic E-state index is -4.45. The fraction of sp³-hybridized carbons (Fsp3) is 0.167. The number of nitrogens with zero attached hydrogens (tertiary/aromatic N) is 3. The molecule has 4 heterocycles. The number of halogens is 4. The second kappa shape index (κ2) is 8.86. The monoisotopic (exact) mass is 516 g/mol. The smallest absolute Gasteiger partial charge is 0.390 e. The molecule has 0 aliphatic heterocycles. The van der Waals surface area contributed by atoms with Crippen molar-refractivity contribution in [1.82, 2.24) is 19.5 Å². The molecule has 0 atom stereocenters. The van der Waals surface area contributed by atoms with Crippen LogP contribution in [-0.2, 0) is 6.54 Å². The van der Waals surface area contributed by atoms with E-state index in [-0.39, 0.29) is 16.1 Å². The Morgan fingerprint density at radius 1 is 1.08 bits per heavy atom. The topological polar surface area (TPSA) is 89.9 Å². The predicted octanol–water partition coefficient (Wildman–Crippen LogP) is 5.55. The van der Waals surface area contributed by atoms with Gasteiger partial charge in [0.05, 0.1) is 23.5 Å². The number of hydrogen-bond acceptors (Lipinski definition) is 6. The molecule has 0 fully saturated rings. The number of fused-ring (bicyclic) bond motifs is 2. The van der Waals surface area contributed by atoms with Crippen molar-refractivity contribution in [1.29, 1.82) is 0 Å². The van der Waals surface area contributed by atoms with Crippen LogP contribution in [0, 0.1) is 12.7 Å². The average Bonchev–Trinajstić information content (AvgIpc) is 3.16. The van der Waals surface area contributed by atoms with E-state index < -0.39 is 36.2 Å². The summed E-state index contributed by atoms with van der Waals surface area (Å²) in [6, 6.07) is 9.63. The van der Waals surface area contributed by atoms with Crippen LogP contribution in [0.5, 0.6) is 11.6 Å². The van der Waals surface area contributed by atoms with Gasteiger partial charge in [-0.1, -0.05) is 0 Å². The average molecular weight is 516 g/mol. The van der Waals surface area contributed by atoms with E-state index in [0.717, 1.165) is 22.1 Å². The van der Waals surface area contributed by atoms with Crippen LogP contribution in [0.1, 0.15) is 12.0 Å². The van der Waals surface area contributed by atoms with E-state index in [2.05, 4.69) is 15.0 Å². The number of benzene rings is 1. The highest BCUT2D eigenvalue weighted by Gasteiger charge is 2.28. The fourth-order valence-corrected chi connectivity index (χ4v) is 5.15. The molecule has 184 valence electrons. The number of thiophene rings is 1. The Bertz CT molecular complexity index is 1720. The Kier molecular flexibility index (Phi) is 5.83. The van der Waals surface area contributed by atoms with Crippen LogP contribution in [0.4, 0.5) is 17.6 Å². The lowest BCUT2D eigenvalue weighted by Crippen LogP contribution is -2.31. The molecular weight excluding hydrogens is 500 g/mol. The van der Waals surface area contributed by atoms with Crippen LogP contribution in [0.15, 0.2) is 58.4 Å². The van der Waals surface area contributed by atoms with Crippen LogP contribution < -0.4 is 16.0 Å². The van der Waals surface area contributed by atoms with E-state index in [1.807, 2.05) is 0 Å². The van der Waals surface area contributed by atoms with Crippen molar-refractivity contribution < 1.29 is 22.3 Å². The number of aryl methyl sites for hydroxylation is 2. The molecule has 0 amide bonds. The second-order valence-corrected chi connectivity index (χ2v) is 9.01. The first-order valence-corrected chi connectivity index (χ1v) is 11.4. The first-order chi connectivity index (χ1) is 17.1. The van der Waals surface area contributed by atoms with E-state index in [4.69, 9.17) is 4.74 Å². The van der Waals surface area contributed by atoms with E-state index in [9.17, 15) is 27.2 Å². The van der Waals surface area contributed by atoms with Crippen molar-refractivity contribution in [2.45, 2.75) is 26.1 Å². The summed E-state index contributed by atoms with van der Waals surface area (Å²) < 4.78 is 58.3. The van der Waals surface area contributed by atoms with Crippen LogP contribution in [0.3, 0.4) is 0 Å². The van der Waals surface area contributed by atoms with Gasteiger partial charge in [-0.05, 0) is 36.8 Å². The molecule has 1 N–H and O–H groups in total. The molecule has 5 aromatic rings. The van der Waals surface area contributed by atoms with Gasteiger partial charge in [-0.15, -0.1) is 11.3 Å². The van der Waals surface area contributed by atoms with E-state index >= 15 is 0 Å². The highest BCUT2D eigenvalue weighted by Crippen LogP contribution is 2.37. The van der Waals surface area contributed by atoms with Crippen LogP contribution in [0.25, 0.3) is 31.6 Å². The van der Waals surface area contributed by atoms with Crippen molar-refractivity contribution in [3.8, 4) is 22.1 Å². The summed E-state index contributed by atoms with van der Waals surface area (Å²) in [5, 5.41) is 0.784. The number of H-pyrrole nitrogens is 1. The van der Waals surface area contributed by atoms with Crippen LogP contribution >= 0.6 is 11.3 Å². The van der Waals surface area contributed by atoms with Gasteiger partial charge in [-0.3, -0.25) is 19.3 Å². The van der Waals surface area contributed by atoms with Gasteiger partial charge in [-0.25, -0.2) is 14.2 Å². The molecule has 7 nitrogen and oxygen atoms in total. The lowest BCUT2D eigenvalue weighted by molar-refractivity contribution is -0.136. The normalized spacial score (nSPS) is 11.9. The molecule has 0 radical (unpaired) electrons. The summed E-state index contributed by atoms with van der Waals surface area (Å²) in [6.07, 6.45) is -3.03. The SMILES string of the molecule is Cc1c(-c2ccc(Oc3ccc4cc(F)cnc4c3)nc2)sc2c1c(=O)[nH]c(=O)n2CCC(F)(F)F. The lowest BCUT2D eigenvalue weighted by atomic mass is 10.1. The quantitative estimate of drug-likeness (QED) is 0.309. The summed E-state index contributed by atoms with van der Waals surface area (Å²) in [5.74, 6) is 0.267. The number of nitrogens with one attached hydrogen (secondary N) is 1. The van der Waals surface area contributed by atoms with E-state index in [1.165, 1.54) is 12.3 Å². The van der Waals surface area contributed by atoms with Gasteiger partial charge in [0.2, 0.25) is 5.88 Å². The summed E-state index contributed by atoms with van der Waals surface area (Å²) >= 11 is 1.05. The summed E-state index contributed by atoms with van der Waals surface area (Å²) in [4.78, 5) is 35.9. The Morgan fingerprint density at radius 3 is 2.61 bits per heavy atom. The Morgan fingerprint density at radius 2 is 1.89 bits per heavy atom. The zero-order valence-electron chi connectivity index (χ0n) is 18.5. The minimum Gasteiger partial charge on any atom is -0.439 e. The van der Waals surface area contributed by atoms with Crippen molar-refractivity contribution in [3.63, 3.8) is 0 Å². The number of alkyl halides is 3. The molecule has 0 aliphatic rings. The molecular formula is C24H16F4N4O3S. The van der Waals surface area contributed by atoms with E-state index in [0.29, 0.717) is 32.7 Å². The maximum atomic E-state index is 13.3. The first-order valence-electron chi connectivity index (χ1n) is 10.6. The fourth-order valence-electron chi connectivity index (χ4n) is 3.83.